The van der Waals surface area contributed by atoms with Gasteiger partial charge >= 0.3 is 5.97 Å². The van der Waals surface area contributed by atoms with Gasteiger partial charge in [-0.1, -0.05) is 33.8 Å². The number of aromatic hydroxyl groups is 1. The molecule has 6 nitrogen and oxygen atoms in total. The average molecular weight is 465 g/mol. The van der Waals surface area contributed by atoms with Crippen molar-refractivity contribution in [2.75, 3.05) is 20.7 Å². The first-order valence-electron chi connectivity index (χ1n) is 12.0. The standard InChI is InChI=1S/C28H36N2O4/c1-8-18-12-22-23(14-30(6)7)26(32)11-10-25(22)29-27(18)20(16(3)4)13-21-19(9-2)28(33)34-15-24(21)17(5)31/h10-13,16,19,32H,8-9,14-15H2,1-7H3/b20-13+. The van der Waals surface area contributed by atoms with Crippen LogP contribution in [0.2, 0.25) is 0 Å². The number of hydrogen-bond donors (Lipinski definition) is 1. The largest absolute Gasteiger partial charge is 0.508 e. The molecule has 0 bridgehead atoms. The quantitative estimate of drug-likeness (QED) is 0.549. The van der Waals surface area contributed by atoms with Gasteiger partial charge in [-0.3, -0.25) is 9.59 Å². The van der Waals surface area contributed by atoms with Crippen molar-refractivity contribution in [2.24, 2.45) is 11.8 Å². The molecule has 0 amide bonds. The van der Waals surface area contributed by atoms with Crippen LogP contribution in [-0.4, -0.2) is 47.4 Å². The minimum atomic E-state index is -0.462. The van der Waals surface area contributed by atoms with Crippen molar-refractivity contribution in [3.63, 3.8) is 0 Å². The monoisotopic (exact) mass is 464 g/mol. The number of carbonyl (C=O) groups excluding carboxylic acids is 2. The number of esters is 1. The van der Waals surface area contributed by atoms with Crippen LogP contribution in [0.1, 0.15) is 57.9 Å². The number of allylic oxidation sites excluding steroid dienone is 2. The molecular formula is C28H36N2O4. The van der Waals surface area contributed by atoms with Gasteiger partial charge in [-0.05, 0) is 74.7 Å². The number of benzene rings is 1. The van der Waals surface area contributed by atoms with E-state index in [-0.39, 0.29) is 30.0 Å². The first kappa shape index (κ1) is 25.6. The predicted octanol–water partition coefficient (Wildman–Crippen LogP) is 5.07. The summed E-state index contributed by atoms with van der Waals surface area (Å²) in [4.78, 5) is 32.0. The number of rotatable bonds is 8. The number of phenolic OH excluding ortho intramolecular Hbond substituents is 1. The van der Waals surface area contributed by atoms with Crippen LogP contribution in [-0.2, 0) is 27.3 Å². The van der Waals surface area contributed by atoms with Gasteiger partial charge < -0.3 is 14.7 Å². The number of ketones is 1. The molecule has 0 spiro atoms. The Kier molecular flexibility index (Phi) is 7.93. The lowest BCUT2D eigenvalue weighted by Crippen LogP contribution is -2.29. The molecule has 1 N–H and O–H groups in total. The van der Waals surface area contributed by atoms with Crippen molar-refractivity contribution >= 4 is 28.2 Å². The second kappa shape index (κ2) is 10.5. The van der Waals surface area contributed by atoms with Crippen molar-refractivity contribution in [1.82, 2.24) is 9.88 Å². The van der Waals surface area contributed by atoms with Crippen LogP contribution in [0.5, 0.6) is 5.75 Å². The maximum Gasteiger partial charge on any atom is 0.313 e. The predicted molar refractivity (Wildman–Crippen MR) is 135 cm³/mol. The highest BCUT2D eigenvalue weighted by Crippen LogP contribution is 2.36. The summed E-state index contributed by atoms with van der Waals surface area (Å²) in [5, 5.41) is 11.5. The van der Waals surface area contributed by atoms with Crippen molar-refractivity contribution in [3.8, 4) is 5.75 Å². The first-order valence-corrected chi connectivity index (χ1v) is 12.0. The third-order valence-electron chi connectivity index (χ3n) is 6.43. The lowest BCUT2D eigenvalue weighted by Gasteiger charge is -2.26. The summed E-state index contributed by atoms with van der Waals surface area (Å²) in [5.74, 6) is -0.445. The van der Waals surface area contributed by atoms with Gasteiger partial charge in [0, 0.05) is 23.1 Å². The molecule has 1 unspecified atom stereocenters. The number of cyclic esters (lactones) is 1. The molecule has 0 fully saturated rings. The van der Waals surface area contributed by atoms with E-state index in [0.29, 0.717) is 18.5 Å². The number of pyridine rings is 1. The molecule has 0 saturated heterocycles. The molecule has 1 atom stereocenters. The summed E-state index contributed by atoms with van der Waals surface area (Å²) in [6.07, 6.45) is 3.33. The zero-order valence-electron chi connectivity index (χ0n) is 21.4. The van der Waals surface area contributed by atoms with Crippen LogP contribution < -0.4 is 0 Å². The van der Waals surface area contributed by atoms with Crippen molar-refractivity contribution in [2.45, 2.75) is 54.0 Å². The van der Waals surface area contributed by atoms with E-state index in [4.69, 9.17) is 9.72 Å². The van der Waals surface area contributed by atoms with E-state index in [1.807, 2.05) is 38.1 Å². The lowest BCUT2D eigenvalue weighted by atomic mass is 9.84. The van der Waals surface area contributed by atoms with Crippen LogP contribution >= 0.6 is 0 Å². The molecule has 1 aromatic carbocycles. The fourth-order valence-electron chi connectivity index (χ4n) is 4.56. The lowest BCUT2D eigenvalue weighted by molar-refractivity contribution is -0.147. The Labute approximate surface area is 202 Å². The van der Waals surface area contributed by atoms with E-state index in [0.717, 1.165) is 45.3 Å². The first-order chi connectivity index (χ1) is 16.1. The maximum atomic E-state index is 12.5. The smallest absolute Gasteiger partial charge is 0.313 e. The fourth-order valence-corrected chi connectivity index (χ4v) is 4.56. The summed E-state index contributed by atoms with van der Waals surface area (Å²) in [6.45, 7) is 10.4. The van der Waals surface area contributed by atoms with Gasteiger partial charge in [-0.15, -0.1) is 0 Å². The zero-order chi connectivity index (χ0) is 25.2. The number of carbonyl (C=O) groups is 2. The Bertz CT molecular complexity index is 1170. The van der Waals surface area contributed by atoms with Gasteiger partial charge in [0.05, 0.1) is 17.1 Å². The molecule has 0 aliphatic carbocycles. The van der Waals surface area contributed by atoms with Gasteiger partial charge in [0.2, 0.25) is 0 Å². The second-order valence-corrected chi connectivity index (χ2v) is 9.53. The van der Waals surface area contributed by atoms with E-state index in [2.05, 4.69) is 26.8 Å². The van der Waals surface area contributed by atoms with Gasteiger partial charge in [0.15, 0.2) is 5.78 Å². The van der Waals surface area contributed by atoms with Crippen LogP contribution in [0.4, 0.5) is 0 Å². The Balaban J connectivity index is 2.29. The summed E-state index contributed by atoms with van der Waals surface area (Å²) in [6, 6.07) is 5.67. The molecule has 182 valence electrons. The molecule has 0 saturated carbocycles. The Morgan fingerprint density at radius 3 is 2.56 bits per heavy atom. The number of fused-ring (bicyclic) bond motifs is 1. The minimum absolute atomic E-state index is 0.0147. The summed E-state index contributed by atoms with van der Waals surface area (Å²) < 4.78 is 5.30. The molecule has 0 radical (unpaired) electrons. The molecule has 1 aromatic heterocycles. The molecule has 34 heavy (non-hydrogen) atoms. The minimum Gasteiger partial charge on any atom is -0.508 e. The van der Waals surface area contributed by atoms with Gasteiger partial charge in [-0.25, -0.2) is 4.98 Å². The van der Waals surface area contributed by atoms with Crippen LogP contribution in [0.3, 0.4) is 0 Å². The number of aromatic nitrogens is 1. The van der Waals surface area contributed by atoms with E-state index in [1.54, 1.807) is 6.07 Å². The maximum absolute atomic E-state index is 12.5. The molecule has 2 heterocycles. The highest BCUT2D eigenvalue weighted by molar-refractivity contribution is 5.98. The summed E-state index contributed by atoms with van der Waals surface area (Å²) >= 11 is 0. The van der Waals surface area contributed by atoms with Gasteiger partial charge in [0.1, 0.15) is 12.4 Å². The third-order valence-corrected chi connectivity index (χ3v) is 6.43. The van der Waals surface area contributed by atoms with Gasteiger partial charge in [-0.2, -0.15) is 0 Å². The number of nitrogens with zero attached hydrogens (tertiary/aromatic N) is 2. The van der Waals surface area contributed by atoms with E-state index in [9.17, 15) is 14.7 Å². The topological polar surface area (TPSA) is 79.7 Å². The van der Waals surface area contributed by atoms with Crippen LogP contribution in [0.15, 0.2) is 35.4 Å². The van der Waals surface area contributed by atoms with Gasteiger partial charge in [0.25, 0.3) is 0 Å². The van der Waals surface area contributed by atoms with E-state index >= 15 is 0 Å². The SMILES string of the molecule is CCc1cc2c(CN(C)C)c(O)ccc2nc1/C(=C/C1=C(C(C)=O)COC(=O)C1CC)C(C)C. The molecule has 3 rings (SSSR count). The Morgan fingerprint density at radius 2 is 2.00 bits per heavy atom. The highest BCUT2D eigenvalue weighted by Gasteiger charge is 2.32. The number of ether oxygens (including phenoxy) is 1. The van der Waals surface area contributed by atoms with Crippen molar-refractivity contribution < 1.29 is 19.4 Å². The van der Waals surface area contributed by atoms with E-state index < -0.39 is 5.92 Å². The van der Waals surface area contributed by atoms with Crippen LogP contribution in [0.25, 0.3) is 16.5 Å². The molecule has 2 aromatic rings. The van der Waals surface area contributed by atoms with Crippen molar-refractivity contribution in [3.05, 3.63) is 52.2 Å². The molecular weight excluding hydrogens is 428 g/mol. The highest BCUT2D eigenvalue weighted by atomic mass is 16.5. The molecule has 1 aliphatic rings. The normalized spacial score (nSPS) is 17.1. The third kappa shape index (κ3) is 5.07. The number of aryl methyl sites for hydroxylation is 1. The Morgan fingerprint density at radius 1 is 1.29 bits per heavy atom. The van der Waals surface area contributed by atoms with E-state index in [1.165, 1.54) is 6.92 Å². The molecule has 6 heteroatoms. The van der Waals surface area contributed by atoms with Crippen LogP contribution in [0, 0.1) is 11.8 Å². The number of Topliss-reactive ketones (excluding diaryl/α,β-unsaturated/α-hetero) is 1. The fraction of sp³-hybridized carbons (Fsp3) is 0.464. The van der Waals surface area contributed by atoms with Crippen molar-refractivity contribution in [1.29, 1.82) is 0 Å². The summed E-state index contributed by atoms with van der Waals surface area (Å²) in [5.41, 5.74) is 5.89. The average Bonchev–Trinajstić information content (AvgIpc) is 2.78. The number of phenols is 1. The number of hydrogen-bond acceptors (Lipinski definition) is 6. The second-order valence-electron chi connectivity index (χ2n) is 9.53. The summed E-state index contributed by atoms with van der Waals surface area (Å²) in [7, 11) is 3.94. The Hall–Kier alpha value is -2.99. The molecule has 1 aliphatic heterocycles. The zero-order valence-corrected chi connectivity index (χ0v) is 21.4.